The maximum atomic E-state index is 11.2. The molecule has 4 nitrogen and oxygen atoms in total. The van der Waals surface area contributed by atoms with Crippen LogP contribution in [0.5, 0.6) is 0 Å². The average Bonchev–Trinajstić information content (AvgIpc) is 2.13. The van der Waals surface area contributed by atoms with Crippen LogP contribution in [0.3, 0.4) is 0 Å². The van der Waals surface area contributed by atoms with E-state index in [2.05, 4.69) is 0 Å². The molecule has 0 heterocycles. The monoisotopic (exact) mass is 250 g/mol. The van der Waals surface area contributed by atoms with E-state index in [9.17, 15) is 10.1 Å². The first-order valence-corrected chi connectivity index (χ1v) is 6.03. The van der Waals surface area contributed by atoms with Crippen molar-refractivity contribution in [1.29, 1.82) is 0 Å². The quantitative estimate of drug-likeness (QED) is 0.468. The summed E-state index contributed by atoms with van der Waals surface area (Å²) in [4.78, 5) is 10.9. The lowest BCUT2D eigenvalue weighted by Gasteiger charge is -2.25. The Hall–Kier alpha value is -1.58. The smallest absolute Gasteiger partial charge is 0.273 e. The van der Waals surface area contributed by atoms with Gasteiger partial charge in [0.1, 0.15) is 0 Å². The lowest BCUT2D eigenvalue weighted by atomic mass is 9.80. The Morgan fingerprint density at radius 2 is 1.44 bits per heavy atom. The lowest BCUT2D eigenvalue weighted by molar-refractivity contribution is -0.386. The summed E-state index contributed by atoms with van der Waals surface area (Å²) in [6, 6.07) is 3.37. The lowest BCUT2D eigenvalue weighted by Crippen LogP contribution is -2.19. The highest BCUT2D eigenvalue weighted by Crippen LogP contribution is 2.38. The Kier molecular flexibility index (Phi) is 3.43. The molecule has 0 bridgehead atoms. The normalized spacial score (nSPS) is 12.6. The van der Waals surface area contributed by atoms with Crippen molar-refractivity contribution in [3.05, 3.63) is 33.4 Å². The van der Waals surface area contributed by atoms with Crippen LogP contribution in [0.4, 0.5) is 11.4 Å². The summed E-state index contributed by atoms with van der Waals surface area (Å²) in [7, 11) is 0. The van der Waals surface area contributed by atoms with E-state index < -0.39 is 0 Å². The molecule has 0 spiro atoms. The SMILES string of the molecule is CC(C)(C)c1cc([N+](=O)[O-])c(C(C)(C)C)cc1N. The predicted molar refractivity (Wildman–Crippen MR) is 74.9 cm³/mol. The van der Waals surface area contributed by atoms with Crippen molar-refractivity contribution in [3.63, 3.8) is 0 Å². The van der Waals surface area contributed by atoms with Gasteiger partial charge in [-0.25, -0.2) is 0 Å². The molecular formula is C14H22N2O2. The average molecular weight is 250 g/mol. The molecule has 0 aliphatic carbocycles. The van der Waals surface area contributed by atoms with Gasteiger partial charge in [0.05, 0.1) is 4.92 Å². The number of nitrogens with zero attached hydrogens (tertiary/aromatic N) is 1. The molecule has 18 heavy (non-hydrogen) atoms. The Morgan fingerprint density at radius 3 is 1.78 bits per heavy atom. The number of hydrogen-bond acceptors (Lipinski definition) is 3. The zero-order chi connectivity index (χ0) is 14.3. The number of anilines is 1. The Morgan fingerprint density at radius 1 is 1.00 bits per heavy atom. The largest absolute Gasteiger partial charge is 0.398 e. The van der Waals surface area contributed by atoms with Gasteiger partial charge in [0.2, 0.25) is 0 Å². The molecule has 0 aromatic heterocycles. The van der Waals surface area contributed by atoms with Gasteiger partial charge in [0.25, 0.3) is 5.69 Å². The summed E-state index contributed by atoms with van der Waals surface area (Å²) in [5.74, 6) is 0. The summed E-state index contributed by atoms with van der Waals surface area (Å²) in [6.07, 6.45) is 0. The summed E-state index contributed by atoms with van der Waals surface area (Å²) < 4.78 is 0. The fraction of sp³-hybridized carbons (Fsp3) is 0.571. The number of nitrogen functional groups attached to an aromatic ring is 1. The topological polar surface area (TPSA) is 69.2 Å². The molecular weight excluding hydrogens is 228 g/mol. The highest BCUT2D eigenvalue weighted by molar-refractivity contribution is 5.61. The Labute approximate surface area is 108 Å². The highest BCUT2D eigenvalue weighted by atomic mass is 16.6. The summed E-state index contributed by atoms with van der Waals surface area (Å²) >= 11 is 0. The van der Waals surface area contributed by atoms with Gasteiger partial charge >= 0.3 is 0 Å². The third kappa shape index (κ3) is 2.81. The molecule has 0 saturated heterocycles. The number of nitro benzene ring substituents is 1. The molecule has 2 N–H and O–H groups in total. The van der Waals surface area contributed by atoms with Crippen molar-refractivity contribution >= 4 is 11.4 Å². The molecule has 1 aromatic carbocycles. The van der Waals surface area contributed by atoms with E-state index in [4.69, 9.17) is 5.73 Å². The second-order valence-electron chi connectivity index (χ2n) is 6.71. The van der Waals surface area contributed by atoms with Crippen molar-refractivity contribution in [2.75, 3.05) is 5.73 Å². The molecule has 0 fully saturated rings. The van der Waals surface area contributed by atoms with Crippen molar-refractivity contribution in [3.8, 4) is 0 Å². The second kappa shape index (κ2) is 4.26. The molecule has 1 rings (SSSR count). The first kappa shape index (κ1) is 14.5. The highest BCUT2D eigenvalue weighted by Gasteiger charge is 2.29. The zero-order valence-electron chi connectivity index (χ0n) is 12.0. The van der Waals surface area contributed by atoms with Gasteiger partial charge in [0.15, 0.2) is 0 Å². The van der Waals surface area contributed by atoms with Gasteiger partial charge in [-0.2, -0.15) is 0 Å². The van der Waals surface area contributed by atoms with Crippen molar-refractivity contribution in [2.45, 2.75) is 52.4 Å². The molecule has 100 valence electrons. The third-order valence-corrected chi connectivity index (χ3v) is 2.98. The van der Waals surface area contributed by atoms with Gasteiger partial charge in [-0.1, -0.05) is 41.5 Å². The van der Waals surface area contributed by atoms with Gasteiger partial charge in [0, 0.05) is 17.3 Å². The number of hydrogen-bond donors (Lipinski definition) is 1. The number of benzene rings is 1. The second-order valence-corrected chi connectivity index (χ2v) is 6.71. The fourth-order valence-corrected chi connectivity index (χ4v) is 2.01. The Bertz CT molecular complexity index is 480. The molecule has 0 aliphatic rings. The van der Waals surface area contributed by atoms with Crippen LogP contribution in [-0.2, 0) is 10.8 Å². The van der Waals surface area contributed by atoms with Crippen LogP contribution < -0.4 is 5.73 Å². The molecule has 0 saturated carbocycles. The molecule has 0 radical (unpaired) electrons. The molecule has 0 aliphatic heterocycles. The van der Waals surface area contributed by atoms with Gasteiger partial charge in [-0.05, 0) is 22.5 Å². The molecule has 0 amide bonds. The van der Waals surface area contributed by atoms with Crippen molar-refractivity contribution in [1.82, 2.24) is 0 Å². The van der Waals surface area contributed by atoms with E-state index in [0.29, 0.717) is 11.3 Å². The van der Waals surface area contributed by atoms with E-state index in [0.717, 1.165) is 5.56 Å². The molecule has 0 unspecified atom stereocenters. The number of nitrogens with two attached hydrogens (primary N) is 1. The first-order valence-electron chi connectivity index (χ1n) is 6.03. The number of nitro groups is 1. The molecule has 1 aromatic rings. The molecule has 0 atom stereocenters. The maximum absolute atomic E-state index is 11.2. The maximum Gasteiger partial charge on any atom is 0.273 e. The minimum absolute atomic E-state index is 0.154. The minimum Gasteiger partial charge on any atom is -0.398 e. The van der Waals surface area contributed by atoms with Gasteiger partial charge in [-0.3, -0.25) is 10.1 Å². The summed E-state index contributed by atoms with van der Waals surface area (Å²) in [6.45, 7) is 11.8. The van der Waals surface area contributed by atoms with Gasteiger partial charge in [-0.15, -0.1) is 0 Å². The summed E-state index contributed by atoms with van der Waals surface area (Å²) in [5.41, 5.74) is 7.83. The first-order chi connectivity index (χ1) is 7.94. The third-order valence-electron chi connectivity index (χ3n) is 2.98. The van der Waals surface area contributed by atoms with Crippen molar-refractivity contribution in [2.24, 2.45) is 0 Å². The fourth-order valence-electron chi connectivity index (χ4n) is 2.01. The summed E-state index contributed by atoms with van der Waals surface area (Å²) in [5, 5.41) is 11.2. The standard InChI is InChI=1S/C14H22N2O2/c1-13(2,3)9-8-12(16(17)18)10(7-11(9)15)14(4,5)6/h7-8H,15H2,1-6H3. The van der Waals surface area contributed by atoms with Crippen LogP contribution >= 0.6 is 0 Å². The van der Waals surface area contributed by atoms with Crippen LogP contribution in [-0.4, -0.2) is 4.92 Å². The van der Waals surface area contributed by atoms with E-state index in [1.54, 1.807) is 12.1 Å². The van der Waals surface area contributed by atoms with Gasteiger partial charge < -0.3 is 5.73 Å². The number of rotatable bonds is 1. The van der Waals surface area contributed by atoms with Crippen LogP contribution in [0.15, 0.2) is 12.1 Å². The van der Waals surface area contributed by atoms with Crippen LogP contribution in [0, 0.1) is 10.1 Å². The van der Waals surface area contributed by atoms with Crippen molar-refractivity contribution < 1.29 is 4.92 Å². The molecule has 4 heteroatoms. The van der Waals surface area contributed by atoms with Crippen LogP contribution in [0.2, 0.25) is 0 Å². The van der Waals surface area contributed by atoms with E-state index >= 15 is 0 Å². The van der Waals surface area contributed by atoms with Crippen LogP contribution in [0.1, 0.15) is 52.7 Å². The zero-order valence-corrected chi connectivity index (χ0v) is 12.0. The van der Waals surface area contributed by atoms with E-state index in [1.165, 1.54) is 0 Å². The van der Waals surface area contributed by atoms with Crippen LogP contribution in [0.25, 0.3) is 0 Å². The predicted octanol–water partition coefficient (Wildman–Crippen LogP) is 3.77. The minimum atomic E-state index is -0.324. The Balaban J connectivity index is 3.60. The van der Waals surface area contributed by atoms with E-state index in [1.807, 2.05) is 41.5 Å². The van der Waals surface area contributed by atoms with E-state index in [-0.39, 0.29) is 21.4 Å².